The van der Waals surface area contributed by atoms with Crippen LogP contribution in [0.4, 0.5) is 0 Å². The maximum Gasteiger partial charge on any atom is 0.0410 e. The minimum absolute atomic E-state index is 0. The molecule has 3 fully saturated rings. The quantitative estimate of drug-likeness (QED) is 0.667. The number of nitrogens with zero attached hydrogens (tertiary/aromatic N) is 2. The van der Waals surface area contributed by atoms with Crippen molar-refractivity contribution in [3.63, 3.8) is 0 Å². The van der Waals surface area contributed by atoms with Gasteiger partial charge in [0.05, 0.1) is 0 Å². The van der Waals surface area contributed by atoms with Gasteiger partial charge in [0.2, 0.25) is 0 Å². The molecular weight excluding hydrogens is 412 g/mol. The van der Waals surface area contributed by atoms with Crippen LogP contribution >= 0.6 is 49.9 Å². The normalized spacial score (nSPS) is 30.3. The van der Waals surface area contributed by atoms with E-state index >= 15 is 0 Å². The summed E-state index contributed by atoms with van der Waals surface area (Å²) >= 11 is 3.50. The molecule has 3 saturated heterocycles. The van der Waals surface area contributed by atoms with Crippen molar-refractivity contribution in [1.29, 1.82) is 0 Å². The Hall–Kier alpha value is 0.550. The van der Waals surface area contributed by atoms with Gasteiger partial charge >= 0.3 is 0 Å². The first-order valence-electron chi connectivity index (χ1n) is 5.67. The molecule has 0 spiro atoms. The van der Waals surface area contributed by atoms with Crippen molar-refractivity contribution in [3.8, 4) is 0 Å². The van der Waals surface area contributed by atoms with Crippen LogP contribution in [0.1, 0.15) is 30.9 Å². The van der Waals surface area contributed by atoms with E-state index in [0.29, 0.717) is 6.04 Å². The van der Waals surface area contributed by atoms with Crippen LogP contribution in [-0.2, 0) is 0 Å². The van der Waals surface area contributed by atoms with E-state index in [2.05, 4.69) is 31.9 Å². The molecule has 0 N–H and O–H groups in total. The SMILES string of the molecule is Br.Br.Brc1cncc([C@@H]2CC3CCN2CC3)c1. The molecule has 3 aliphatic heterocycles. The van der Waals surface area contributed by atoms with Gasteiger partial charge in [0, 0.05) is 22.9 Å². The minimum atomic E-state index is 0. The highest BCUT2D eigenvalue weighted by atomic mass is 79.9. The van der Waals surface area contributed by atoms with E-state index in [1.807, 2.05) is 12.4 Å². The van der Waals surface area contributed by atoms with Crippen LogP contribution in [0.25, 0.3) is 0 Å². The van der Waals surface area contributed by atoms with Gasteiger partial charge in [0.15, 0.2) is 0 Å². The van der Waals surface area contributed by atoms with Crippen LogP contribution in [0.2, 0.25) is 0 Å². The Labute approximate surface area is 132 Å². The lowest BCUT2D eigenvalue weighted by molar-refractivity contribution is 0.0488. The second-order valence-corrected chi connectivity index (χ2v) is 5.58. The van der Waals surface area contributed by atoms with Crippen molar-refractivity contribution in [1.82, 2.24) is 9.88 Å². The molecule has 17 heavy (non-hydrogen) atoms. The highest BCUT2D eigenvalue weighted by Gasteiger charge is 2.34. The number of hydrogen-bond acceptors (Lipinski definition) is 2. The fourth-order valence-corrected chi connectivity index (χ4v) is 3.31. The molecule has 3 aliphatic rings. The number of rotatable bonds is 1. The third kappa shape index (κ3) is 3.31. The molecule has 1 aromatic rings. The fourth-order valence-electron chi connectivity index (χ4n) is 2.92. The monoisotopic (exact) mass is 426 g/mol. The van der Waals surface area contributed by atoms with Gasteiger partial charge in [-0.3, -0.25) is 9.88 Å². The summed E-state index contributed by atoms with van der Waals surface area (Å²) in [4.78, 5) is 6.88. The highest BCUT2D eigenvalue weighted by molar-refractivity contribution is 9.10. The molecule has 96 valence electrons. The Balaban J connectivity index is 0.000000722. The molecule has 0 unspecified atom stereocenters. The van der Waals surface area contributed by atoms with E-state index in [1.165, 1.54) is 37.9 Å². The number of halogens is 3. The molecule has 0 amide bonds. The lowest BCUT2D eigenvalue weighted by atomic mass is 9.81. The molecule has 0 aromatic carbocycles. The molecule has 5 heteroatoms. The predicted octanol–water partition coefficient (Wildman–Crippen LogP) is 4.16. The zero-order valence-corrected chi connectivity index (χ0v) is 14.5. The number of fused-ring (bicyclic) bond motifs is 3. The first kappa shape index (κ1) is 15.6. The summed E-state index contributed by atoms with van der Waals surface area (Å²) in [6.07, 6.45) is 8.02. The molecule has 0 radical (unpaired) electrons. The second-order valence-electron chi connectivity index (χ2n) is 4.67. The largest absolute Gasteiger partial charge is 0.296 e. The molecule has 0 aliphatic carbocycles. The molecule has 1 atom stereocenters. The molecular formula is C12H17Br3N2. The average molecular weight is 429 g/mol. The Kier molecular flexibility index (Phi) is 6.10. The van der Waals surface area contributed by atoms with E-state index in [-0.39, 0.29) is 34.0 Å². The first-order chi connectivity index (χ1) is 7.33. The van der Waals surface area contributed by atoms with Gasteiger partial charge in [0.25, 0.3) is 0 Å². The summed E-state index contributed by atoms with van der Waals surface area (Å²) in [6, 6.07) is 2.85. The van der Waals surface area contributed by atoms with Crippen LogP contribution in [0.5, 0.6) is 0 Å². The van der Waals surface area contributed by atoms with Crippen LogP contribution in [-0.4, -0.2) is 23.0 Å². The number of hydrogen-bond donors (Lipinski definition) is 0. The zero-order chi connectivity index (χ0) is 10.3. The van der Waals surface area contributed by atoms with Gasteiger partial charge in [-0.05, 0) is 65.8 Å². The first-order valence-corrected chi connectivity index (χ1v) is 6.47. The second kappa shape index (κ2) is 6.64. The Morgan fingerprint density at radius 3 is 2.41 bits per heavy atom. The van der Waals surface area contributed by atoms with E-state index < -0.39 is 0 Å². The highest BCUT2D eigenvalue weighted by Crippen LogP contribution is 2.40. The average Bonchev–Trinajstić information content (AvgIpc) is 2.30. The predicted molar refractivity (Wildman–Crippen MR) is 84.2 cm³/mol. The summed E-state index contributed by atoms with van der Waals surface area (Å²) in [6.45, 7) is 2.56. The van der Waals surface area contributed by atoms with Crippen molar-refractivity contribution >= 4 is 49.9 Å². The van der Waals surface area contributed by atoms with Gasteiger partial charge in [-0.2, -0.15) is 0 Å². The topological polar surface area (TPSA) is 16.1 Å². The van der Waals surface area contributed by atoms with Crippen molar-refractivity contribution in [2.24, 2.45) is 5.92 Å². The molecule has 2 bridgehead atoms. The van der Waals surface area contributed by atoms with Crippen molar-refractivity contribution in [2.75, 3.05) is 13.1 Å². The third-order valence-corrected chi connectivity index (χ3v) is 4.19. The smallest absolute Gasteiger partial charge is 0.0410 e. The summed E-state index contributed by atoms with van der Waals surface area (Å²) in [5.41, 5.74) is 1.38. The minimum Gasteiger partial charge on any atom is -0.296 e. The van der Waals surface area contributed by atoms with E-state index in [4.69, 9.17) is 0 Å². The molecule has 1 aromatic heterocycles. The zero-order valence-electron chi connectivity index (χ0n) is 9.51. The van der Waals surface area contributed by atoms with Gasteiger partial charge < -0.3 is 0 Å². The summed E-state index contributed by atoms with van der Waals surface area (Å²) in [5, 5.41) is 0. The summed E-state index contributed by atoms with van der Waals surface area (Å²) < 4.78 is 1.10. The third-order valence-electron chi connectivity index (χ3n) is 3.76. The maximum absolute atomic E-state index is 4.27. The van der Waals surface area contributed by atoms with Gasteiger partial charge in [-0.1, -0.05) is 0 Å². The fraction of sp³-hybridized carbons (Fsp3) is 0.583. The van der Waals surface area contributed by atoms with Crippen LogP contribution in [0, 0.1) is 5.92 Å². The molecule has 4 rings (SSSR count). The van der Waals surface area contributed by atoms with E-state index in [1.54, 1.807) is 0 Å². The summed E-state index contributed by atoms with van der Waals surface area (Å²) in [7, 11) is 0. The Bertz CT molecular complexity index is 365. The molecule has 0 saturated carbocycles. The van der Waals surface area contributed by atoms with Crippen LogP contribution < -0.4 is 0 Å². The Morgan fingerprint density at radius 1 is 1.18 bits per heavy atom. The molecule has 4 heterocycles. The van der Waals surface area contributed by atoms with Gasteiger partial charge in [-0.25, -0.2) is 0 Å². The number of piperidine rings is 3. The van der Waals surface area contributed by atoms with E-state index in [0.717, 1.165) is 10.4 Å². The van der Waals surface area contributed by atoms with E-state index in [9.17, 15) is 0 Å². The van der Waals surface area contributed by atoms with Crippen LogP contribution in [0.15, 0.2) is 22.9 Å². The van der Waals surface area contributed by atoms with Crippen LogP contribution in [0.3, 0.4) is 0 Å². The van der Waals surface area contributed by atoms with Crippen molar-refractivity contribution in [3.05, 3.63) is 28.5 Å². The van der Waals surface area contributed by atoms with Gasteiger partial charge in [0.1, 0.15) is 0 Å². The lowest BCUT2D eigenvalue weighted by Gasteiger charge is -2.45. The Morgan fingerprint density at radius 2 is 1.88 bits per heavy atom. The molecule has 2 nitrogen and oxygen atoms in total. The maximum atomic E-state index is 4.27. The number of pyridine rings is 1. The van der Waals surface area contributed by atoms with Crippen molar-refractivity contribution in [2.45, 2.75) is 25.3 Å². The number of aromatic nitrogens is 1. The van der Waals surface area contributed by atoms with Gasteiger partial charge in [-0.15, -0.1) is 34.0 Å². The standard InChI is InChI=1S/C12H15BrN2.2BrH/c13-11-6-10(7-14-8-11)12-5-9-1-3-15(12)4-2-9;;/h6-9,12H,1-5H2;2*1H/t12-;;/m0../s1. The summed E-state index contributed by atoms with van der Waals surface area (Å²) in [5.74, 6) is 0.957. The van der Waals surface area contributed by atoms with Crippen molar-refractivity contribution < 1.29 is 0 Å². The lowest BCUT2D eigenvalue weighted by Crippen LogP contribution is -2.43.